The molecule has 1 aliphatic rings. The van der Waals surface area contributed by atoms with Crippen molar-refractivity contribution >= 4 is 18.7 Å². The Hall–Kier alpha value is -2.09. The molecule has 0 bridgehead atoms. The first-order valence-corrected chi connectivity index (χ1v) is 11.3. The van der Waals surface area contributed by atoms with Gasteiger partial charge in [0.25, 0.3) is 0 Å². The molecule has 0 amide bonds. The molecule has 8 nitrogen and oxygen atoms in total. The van der Waals surface area contributed by atoms with Gasteiger partial charge in [0.2, 0.25) is 0 Å². The van der Waals surface area contributed by atoms with Crippen LogP contribution in [0.15, 0.2) is 36.7 Å². The van der Waals surface area contributed by atoms with Gasteiger partial charge in [-0.2, -0.15) is 15.2 Å². The maximum absolute atomic E-state index is 12.0. The van der Waals surface area contributed by atoms with Crippen LogP contribution in [0.5, 0.6) is 0 Å². The number of aromatic nitrogens is 3. The molecule has 2 heterocycles. The summed E-state index contributed by atoms with van der Waals surface area (Å²) in [7, 11) is -4.20. The van der Waals surface area contributed by atoms with E-state index in [-0.39, 0.29) is 0 Å². The zero-order valence-electron chi connectivity index (χ0n) is 16.5. The third kappa shape index (κ3) is 4.57. The average Bonchev–Trinajstić information content (AvgIpc) is 3.43. The summed E-state index contributed by atoms with van der Waals surface area (Å²) in [5.74, 6) is 0.545. The number of nitrogens with one attached hydrogen (secondary N) is 2. The molecular formula is C20H25N4O4P. The van der Waals surface area contributed by atoms with E-state index in [1.807, 2.05) is 31.3 Å². The second-order valence-electron chi connectivity index (χ2n) is 7.31. The van der Waals surface area contributed by atoms with E-state index >= 15 is 0 Å². The first kappa shape index (κ1) is 20.2. The lowest BCUT2D eigenvalue weighted by Gasteiger charge is -2.18. The average molecular weight is 416 g/mol. The molecule has 2 atom stereocenters. The molecular weight excluding hydrogens is 391 g/mol. The number of fused-ring (bicyclic) bond motifs is 1. The van der Waals surface area contributed by atoms with Crippen molar-refractivity contribution in [2.45, 2.75) is 45.1 Å². The van der Waals surface area contributed by atoms with E-state index in [1.54, 1.807) is 13.1 Å². The van der Waals surface area contributed by atoms with Crippen molar-refractivity contribution in [1.29, 1.82) is 0 Å². The molecule has 0 saturated heterocycles. The summed E-state index contributed by atoms with van der Waals surface area (Å²) >= 11 is 0. The van der Waals surface area contributed by atoms with E-state index in [0.717, 1.165) is 28.6 Å². The molecule has 9 heteroatoms. The second kappa shape index (κ2) is 8.34. The highest BCUT2D eigenvalue weighted by atomic mass is 31.2. The first-order valence-electron chi connectivity index (χ1n) is 9.83. The van der Waals surface area contributed by atoms with Crippen molar-refractivity contribution in [1.82, 2.24) is 20.7 Å². The van der Waals surface area contributed by atoms with Crippen molar-refractivity contribution < 1.29 is 18.6 Å². The predicted octanol–water partition coefficient (Wildman–Crippen LogP) is 4.61. The first-order chi connectivity index (χ1) is 14.0. The minimum Gasteiger partial charge on any atom is -0.301 e. The van der Waals surface area contributed by atoms with Gasteiger partial charge in [-0.15, -0.1) is 0 Å². The fourth-order valence-electron chi connectivity index (χ4n) is 3.39. The fraction of sp³-hybridized carbons (Fsp3) is 0.400. The highest BCUT2D eigenvalue weighted by Gasteiger charge is 2.29. The van der Waals surface area contributed by atoms with Gasteiger partial charge in [-0.1, -0.05) is 19.1 Å². The number of benzene rings is 1. The summed E-state index contributed by atoms with van der Waals surface area (Å²) in [6.45, 7) is 4.08. The minimum absolute atomic E-state index is 0.461. The molecule has 1 aliphatic carbocycles. The standard InChI is InChI=1S/C20H25N4O4P/c1-3-10-23-28-29(25,26)27-13(2)15-6-8-18(21-11-15)16-7-9-19-17(12-22-24-19)20(16)14-4-5-14/h6-9,11-14,23H,3-5,10H2,1-2H3,(H,22,24)(H,25,26). The summed E-state index contributed by atoms with van der Waals surface area (Å²) in [4.78, 5) is 14.4. The molecule has 29 heavy (non-hydrogen) atoms. The molecule has 1 saturated carbocycles. The number of nitrogens with zero attached hydrogens (tertiary/aromatic N) is 2. The number of pyridine rings is 1. The molecule has 2 unspecified atom stereocenters. The Morgan fingerprint density at radius 2 is 2.14 bits per heavy atom. The Bertz CT molecular complexity index is 1030. The summed E-state index contributed by atoms with van der Waals surface area (Å²) in [6, 6.07) is 7.88. The van der Waals surface area contributed by atoms with Gasteiger partial charge in [-0.05, 0) is 55.4 Å². The molecule has 0 spiro atoms. The largest absolute Gasteiger partial charge is 0.489 e. The number of hydroxylamine groups is 1. The molecule has 3 aromatic rings. The fourth-order valence-corrected chi connectivity index (χ4v) is 4.21. The molecule has 3 N–H and O–H groups in total. The van der Waals surface area contributed by atoms with E-state index in [0.29, 0.717) is 18.0 Å². The van der Waals surface area contributed by atoms with Crippen molar-refractivity contribution in [2.75, 3.05) is 6.54 Å². The number of rotatable bonds is 9. The molecule has 4 rings (SSSR count). The predicted molar refractivity (Wildman–Crippen MR) is 110 cm³/mol. The highest BCUT2D eigenvalue weighted by molar-refractivity contribution is 7.47. The Kier molecular flexibility index (Phi) is 5.81. The van der Waals surface area contributed by atoms with E-state index in [9.17, 15) is 9.46 Å². The normalized spacial score (nSPS) is 17.3. The third-order valence-corrected chi connectivity index (χ3v) is 5.95. The monoisotopic (exact) mass is 416 g/mol. The van der Waals surface area contributed by atoms with Gasteiger partial charge in [-0.25, -0.2) is 4.57 Å². The maximum Gasteiger partial charge on any atom is 0.489 e. The molecule has 1 fully saturated rings. The number of phosphoric ester groups is 1. The van der Waals surface area contributed by atoms with E-state index in [2.05, 4.69) is 26.7 Å². The number of H-pyrrole nitrogens is 1. The molecule has 1 aromatic carbocycles. The van der Waals surface area contributed by atoms with Gasteiger partial charge >= 0.3 is 7.82 Å². The van der Waals surface area contributed by atoms with Crippen LogP contribution < -0.4 is 5.48 Å². The summed E-state index contributed by atoms with van der Waals surface area (Å²) in [5, 5.41) is 8.35. The van der Waals surface area contributed by atoms with Crippen molar-refractivity contribution in [2.24, 2.45) is 0 Å². The van der Waals surface area contributed by atoms with E-state index < -0.39 is 13.9 Å². The Morgan fingerprint density at radius 1 is 1.31 bits per heavy atom. The lowest BCUT2D eigenvalue weighted by Crippen LogP contribution is -2.15. The van der Waals surface area contributed by atoms with Gasteiger partial charge < -0.3 is 4.89 Å². The third-order valence-electron chi connectivity index (χ3n) is 5.01. The Morgan fingerprint density at radius 3 is 2.83 bits per heavy atom. The van der Waals surface area contributed by atoms with Gasteiger partial charge in [0, 0.05) is 23.7 Å². The Labute approximate surface area is 169 Å². The summed E-state index contributed by atoms with van der Waals surface area (Å²) < 4.78 is 22.0. The zero-order valence-corrected chi connectivity index (χ0v) is 17.4. The van der Waals surface area contributed by atoms with Crippen molar-refractivity contribution in [3.63, 3.8) is 0 Å². The van der Waals surface area contributed by atoms with Crippen LogP contribution in [0.3, 0.4) is 0 Å². The number of hydrogen-bond acceptors (Lipinski definition) is 6. The topological polar surface area (TPSA) is 109 Å². The van der Waals surface area contributed by atoms with Crippen LogP contribution in [-0.4, -0.2) is 26.6 Å². The van der Waals surface area contributed by atoms with Crippen LogP contribution >= 0.6 is 7.82 Å². The van der Waals surface area contributed by atoms with Gasteiger partial charge in [0.05, 0.1) is 23.5 Å². The van der Waals surface area contributed by atoms with Crippen LogP contribution in [0.25, 0.3) is 22.2 Å². The van der Waals surface area contributed by atoms with Crippen LogP contribution in [0.1, 0.15) is 56.3 Å². The summed E-state index contributed by atoms with van der Waals surface area (Å²) in [5.41, 5.74) is 7.41. The molecule has 2 aromatic heterocycles. The van der Waals surface area contributed by atoms with Crippen molar-refractivity contribution in [3.05, 3.63) is 47.8 Å². The van der Waals surface area contributed by atoms with E-state index in [4.69, 9.17) is 9.15 Å². The lowest BCUT2D eigenvalue weighted by molar-refractivity contribution is 0.0732. The van der Waals surface area contributed by atoms with Crippen LogP contribution in [-0.2, 0) is 13.7 Å². The van der Waals surface area contributed by atoms with Crippen LogP contribution in [0.4, 0.5) is 0 Å². The Balaban J connectivity index is 1.53. The van der Waals surface area contributed by atoms with E-state index in [1.165, 1.54) is 18.4 Å². The zero-order chi connectivity index (χ0) is 20.4. The quantitative estimate of drug-likeness (QED) is 0.265. The molecule has 154 valence electrons. The minimum atomic E-state index is -4.20. The van der Waals surface area contributed by atoms with Crippen LogP contribution in [0.2, 0.25) is 0 Å². The number of phosphoric acid groups is 1. The SMILES string of the molecule is CCCNOP(=O)(O)OC(C)c1ccc(-c2ccc3[nH]ncc3c2C2CC2)nc1. The number of aromatic amines is 1. The smallest absolute Gasteiger partial charge is 0.301 e. The van der Waals surface area contributed by atoms with Crippen molar-refractivity contribution in [3.8, 4) is 11.3 Å². The summed E-state index contributed by atoms with van der Waals surface area (Å²) in [6.07, 6.45) is 6.04. The van der Waals surface area contributed by atoms with Gasteiger partial charge in [-0.3, -0.25) is 14.6 Å². The number of hydrogen-bond donors (Lipinski definition) is 3. The van der Waals surface area contributed by atoms with Gasteiger partial charge in [0.1, 0.15) is 0 Å². The van der Waals surface area contributed by atoms with Gasteiger partial charge in [0.15, 0.2) is 0 Å². The molecule has 0 aliphatic heterocycles. The molecule has 0 radical (unpaired) electrons. The highest BCUT2D eigenvalue weighted by Crippen LogP contribution is 2.48. The maximum atomic E-state index is 12.0. The lowest BCUT2D eigenvalue weighted by atomic mass is 9.96. The van der Waals surface area contributed by atoms with Crippen LogP contribution in [0, 0.1) is 0 Å². The second-order valence-corrected chi connectivity index (χ2v) is 8.64.